The molecule has 2 aromatic rings. The molecule has 0 unspecified atom stereocenters. The number of nitrogens with zero attached hydrogens (tertiary/aromatic N) is 2. The van der Waals surface area contributed by atoms with Crippen LogP contribution >= 0.6 is 11.6 Å². The summed E-state index contributed by atoms with van der Waals surface area (Å²) in [6.45, 7) is 0. The highest BCUT2D eigenvalue weighted by Crippen LogP contribution is 2.09. The third-order valence-electron chi connectivity index (χ3n) is 1.45. The first-order valence-corrected chi connectivity index (χ1v) is 3.66. The van der Waals surface area contributed by atoms with Crippen LogP contribution in [-0.4, -0.2) is 15.2 Å². The second-order valence-electron chi connectivity index (χ2n) is 2.29. The molecule has 0 aliphatic carbocycles. The molecule has 0 aromatic carbocycles. The average molecular weight is 182 g/mol. The van der Waals surface area contributed by atoms with Gasteiger partial charge in [0.05, 0.1) is 0 Å². The van der Waals surface area contributed by atoms with Crippen LogP contribution in [0.5, 0.6) is 0 Å². The van der Waals surface area contributed by atoms with E-state index in [0.717, 1.165) is 5.39 Å². The van der Waals surface area contributed by atoms with Gasteiger partial charge in [-0.2, -0.15) is 0 Å². The van der Waals surface area contributed by atoms with Gasteiger partial charge in [0.25, 0.3) is 0 Å². The van der Waals surface area contributed by atoms with Crippen LogP contribution in [0.4, 0.5) is 0 Å². The van der Waals surface area contributed by atoms with Gasteiger partial charge in [-0.15, -0.1) is 10.2 Å². The maximum Gasteiger partial charge on any atom is 0.249 e. The third-order valence-corrected chi connectivity index (χ3v) is 1.63. The predicted molar refractivity (Wildman–Crippen MR) is 45.2 cm³/mol. The second kappa shape index (κ2) is 2.57. The summed E-state index contributed by atoms with van der Waals surface area (Å²) in [6, 6.07) is 4.70. The standard InChI is InChI=1S/C7H4ClN3O/c8-5-3-4-1-2-6(12)9-7(4)11-10-5/h1-3H,(H,9,11,12). The molecule has 0 saturated carbocycles. The molecule has 4 nitrogen and oxygen atoms in total. The van der Waals surface area contributed by atoms with Crippen molar-refractivity contribution in [2.24, 2.45) is 0 Å². The van der Waals surface area contributed by atoms with Crippen molar-refractivity contribution >= 4 is 22.6 Å². The molecule has 0 atom stereocenters. The fraction of sp³-hybridized carbons (Fsp3) is 0. The fourth-order valence-corrected chi connectivity index (χ4v) is 1.08. The normalized spacial score (nSPS) is 10.4. The first-order chi connectivity index (χ1) is 5.75. The Morgan fingerprint density at radius 2 is 2.17 bits per heavy atom. The SMILES string of the molecule is O=c1ccc2cc(Cl)nnc2[nH]1. The minimum Gasteiger partial charge on any atom is -0.305 e. The van der Waals surface area contributed by atoms with E-state index in [1.54, 1.807) is 12.1 Å². The molecule has 0 radical (unpaired) electrons. The number of hydrogen-bond donors (Lipinski definition) is 1. The van der Waals surface area contributed by atoms with E-state index in [4.69, 9.17) is 11.6 Å². The van der Waals surface area contributed by atoms with Crippen LogP contribution in [0.2, 0.25) is 5.15 Å². The lowest BCUT2D eigenvalue weighted by Crippen LogP contribution is -2.03. The van der Waals surface area contributed by atoms with Crippen molar-refractivity contribution in [3.63, 3.8) is 0 Å². The van der Waals surface area contributed by atoms with E-state index in [0.29, 0.717) is 10.8 Å². The Morgan fingerprint density at radius 3 is 3.00 bits per heavy atom. The number of rotatable bonds is 0. The van der Waals surface area contributed by atoms with Gasteiger partial charge >= 0.3 is 0 Å². The molecule has 2 aromatic heterocycles. The average Bonchev–Trinajstić information content (AvgIpc) is 2.05. The lowest BCUT2D eigenvalue weighted by atomic mass is 10.3. The van der Waals surface area contributed by atoms with E-state index in [1.165, 1.54) is 6.07 Å². The second-order valence-corrected chi connectivity index (χ2v) is 2.68. The van der Waals surface area contributed by atoms with Gasteiger partial charge in [0.2, 0.25) is 5.56 Å². The summed E-state index contributed by atoms with van der Waals surface area (Å²) in [5.41, 5.74) is 0.256. The number of pyridine rings is 1. The van der Waals surface area contributed by atoms with Gasteiger partial charge in [-0.25, -0.2) is 0 Å². The van der Waals surface area contributed by atoms with Crippen molar-refractivity contribution < 1.29 is 0 Å². The quantitative estimate of drug-likeness (QED) is 0.659. The van der Waals surface area contributed by atoms with Gasteiger partial charge in [0, 0.05) is 11.5 Å². The number of aromatic nitrogens is 3. The molecule has 60 valence electrons. The minimum atomic E-state index is -0.195. The number of hydrogen-bond acceptors (Lipinski definition) is 3. The highest BCUT2D eigenvalue weighted by Gasteiger charge is 1.96. The van der Waals surface area contributed by atoms with Gasteiger partial charge in [-0.05, 0) is 12.1 Å². The number of H-pyrrole nitrogens is 1. The van der Waals surface area contributed by atoms with Gasteiger partial charge in [0.15, 0.2) is 10.8 Å². The summed E-state index contributed by atoms with van der Waals surface area (Å²) in [5.74, 6) is 0. The zero-order valence-electron chi connectivity index (χ0n) is 5.91. The number of fused-ring (bicyclic) bond motifs is 1. The molecule has 0 bridgehead atoms. The van der Waals surface area contributed by atoms with Gasteiger partial charge in [-0.1, -0.05) is 11.6 Å². The Bertz CT molecular complexity index is 479. The van der Waals surface area contributed by atoms with Gasteiger partial charge in [0.1, 0.15) is 0 Å². The topological polar surface area (TPSA) is 58.6 Å². The molecular formula is C7H4ClN3O. The van der Waals surface area contributed by atoms with E-state index < -0.39 is 0 Å². The first kappa shape index (κ1) is 7.24. The van der Waals surface area contributed by atoms with Crippen LogP contribution in [0.3, 0.4) is 0 Å². The predicted octanol–water partition coefficient (Wildman–Crippen LogP) is 0.971. The van der Waals surface area contributed by atoms with Crippen molar-refractivity contribution in [3.05, 3.63) is 33.7 Å². The van der Waals surface area contributed by atoms with Crippen LogP contribution < -0.4 is 5.56 Å². The van der Waals surface area contributed by atoms with E-state index in [-0.39, 0.29) is 5.56 Å². The first-order valence-electron chi connectivity index (χ1n) is 3.28. The monoisotopic (exact) mass is 181 g/mol. The zero-order valence-corrected chi connectivity index (χ0v) is 6.67. The van der Waals surface area contributed by atoms with Gasteiger partial charge < -0.3 is 4.98 Å². The van der Waals surface area contributed by atoms with E-state index in [9.17, 15) is 4.79 Å². The summed E-state index contributed by atoms with van der Waals surface area (Å²) in [6.07, 6.45) is 0. The Kier molecular flexibility index (Phi) is 1.55. The molecule has 0 aliphatic heterocycles. The molecule has 2 rings (SSSR count). The lowest BCUT2D eigenvalue weighted by molar-refractivity contribution is 1.04. The molecule has 0 amide bonds. The van der Waals surface area contributed by atoms with Crippen molar-refractivity contribution in [1.82, 2.24) is 15.2 Å². The number of nitrogens with one attached hydrogen (secondary N) is 1. The molecule has 0 saturated heterocycles. The number of aromatic amines is 1. The molecule has 5 heteroatoms. The molecule has 0 fully saturated rings. The third kappa shape index (κ3) is 1.16. The summed E-state index contributed by atoms with van der Waals surface area (Å²) in [5, 5.41) is 8.38. The summed E-state index contributed by atoms with van der Waals surface area (Å²) in [7, 11) is 0. The largest absolute Gasteiger partial charge is 0.305 e. The molecule has 12 heavy (non-hydrogen) atoms. The van der Waals surface area contributed by atoms with Crippen molar-refractivity contribution in [3.8, 4) is 0 Å². The van der Waals surface area contributed by atoms with Crippen LogP contribution in [0.1, 0.15) is 0 Å². The fourth-order valence-electron chi connectivity index (χ4n) is 0.929. The molecule has 0 aliphatic rings. The van der Waals surface area contributed by atoms with Crippen molar-refractivity contribution in [1.29, 1.82) is 0 Å². The lowest BCUT2D eigenvalue weighted by Gasteiger charge is -1.93. The minimum absolute atomic E-state index is 0.195. The van der Waals surface area contributed by atoms with Crippen LogP contribution in [0.15, 0.2) is 23.0 Å². The zero-order chi connectivity index (χ0) is 8.55. The summed E-state index contributed by atoms with van der Waals surface area (Å²) >= 11 is 5.59. The van der Waals surface area contributed by atoms with Crippen molar-refractivity contribution in [2.45, 2.75) is 0 Å². The number of halogens is 1. The Labute approximate surface area is 72.2 Å². The Morgan fingerprint density at radius 1 is 1.33 bits per heavy atom. The molecule has 1 N–H and O–H groups in total. The Balaban J connectivity index is 2.87. The Hall–Kier alpha value is -1.42. The smallest absolute Gasteiger partial charge is 0.249 e. The van der Waals surface area contributed by atoms with Crippen LogP contribution in [0.25, 0.3) is 11.0 Å². The molecule has 0 spiro atoms. The van der Waals surface area contributed by atoms with E-state index >= 15 is 0 Å². The van der Waals surface area contributed by atoms with E-state index in [1.807, 2.05) is 0 Å². The summed E-state index contributed by atoms with van der Waals surface area (Å²) < 4.78 is 0. The van der Waals surface area contributed by atoms with Gasteiger partial charge in [-0.3, -0.25) is 4.79 Å². The molecular weight excluding hydrogens is 178 g/mol. The highest BCUT2D eigenvalue weighted by molar-refractivity contribution is 6.29. The molecule has 2 heterocycles. The highest BCUT2D eigenvalue weighted by atomic mass is 35.5. The van der Waals surface area contributed by atoms with Crippen LogP contribution in [0, 0.1) is 0 Å². The van der Waals surface area contributed by atoms with Crippen molar-refractivity contribution in [2.75, 3.05) is 0 Å². The maximum absolute atomic E-state index is 10.8. The van der Waals surface area contributed by atoms with E-state index in [2.05, 4.69) is 15.2 Å². The van der Waals surface area contributed by atoms with Crippen LogP contribution in [-0.2, 0) is 0 Å². The summed E-state index contributed by atoms with van der Waals surface area (Å²) in [4.78, 5) is 13.3. The maximum atomic E-state index is 10.8.